The Morgan fingerprint density at radius 3 is 2.77 bits per heavy atom. The number of hydrogen-bond acceptors (Lipinski definition) is 6. The molecule has 0 aliphatic carbocycles. The average molecular weight is 427 g/mol. The summed E-state index contributed by atoms with van der Waals surface area (Å²) >= 11 is 6.00. The van der Waals surface area contributed by atoms with Crippen LogP contribution in [0.3, 0.4) is 0 Å². The number of benzene rings is 3. The van der Waals surface area contributed by atoms with Crippen LogP contribution in [0, 0.1) is 11.0 Å². The van der Waals surface area contributed by atoms with Crippen LogP contribution in [0.25, 0.3) is 6.08 Å². The van der Waals surface area contributed by atoms with E-state index in [2.05, 4.69) is 0 Å². The zero-order valence-corrected chi connectivity index (χ0v) is 16.1. The zero-order valence-electron chi connectivity index (χ0n) is 15.3. The van der Waals surface area contributed by atoms with Crippen LogP contribution >= 0.6 is 11.6 Å². The fourth-order valence-electron chi connectivity index (χ4n) is 2.94. The van der Waals surface area contributed by atoms with Crippen molar-refractivity contribution in [1.29, 1.82) is 0 Å². The van der Waals surface area contributed by atoms with Gasteiger partial charge in [0, 0.05) is 11.6 Å². The van der Waals surface area contributed by atoms with Crippen LogP contribution in [-0.2, 0) is 6.61 Å². The average Bonchev–Trinajstić information content (AvgIpc) is 3.02. The van der Waals surface area contributed by atoms with E-state index in [4.69, 9.17) is 26.3 Å². The van der Waals surface area contributed by atoms with E-state index >= 15 is 0 Å². The second kappa shape index (κ2) is 8.16. The maximum Gasteiger partial charge on any atom is 0.231 e. The van der Waals surface area contributed by atoms with Crippen molar-refractivity contribution in [3.8, 4) is 11.5 Å². The van der Waals surface area contributed by atoms with Gasteiger partial charge < -0.3 is 19.9 Å². The van der Waals surface area contributed by atoms with Crippen LogP contribution in [0.4, 0.5) is 10.1 Å². The Kier molecular flexibility index (Phi) is 5.41. The van der Waals surface area contributed by atoms with E-state index in [1.807, 2.05) is 0 Å². The van der Waals surface area contributed by atoms with Crippen LogP contribution in [-0.4, -0.2) is 11.0 Å². The first-order valence-corrected chi connectivity index (χ1v) is 9.20. The van der Waals surface area contributed by atoms with Gasteiger partial charge >= 0.3 is 0 Å². The van der Waals surface area contributed by atoms with Crippen molar-refractivity contribution in [2.24, 2.45) is 0 Å². The van der Waals surface area contributed by atoms with Crippen molar-refractivity contribution < 1.29 is 23.9 Å². The number of hydrogen-bond donors (Lipinski definition) is 1. The molecule has 6 nitrogen and oxygen atoms in total. The molecule has 0 saturated carbocycles. The smallest absolute Gasteiger partial charge is 0.231 e. The van der Waals surface area contributed by atoms with Gasteiger partial charge in [-0.15, -0.1) is 0 Å². The third-order valence-electron chi connectivity index (χ3n) is 4.44. The summed E-state index contributed by atoms with van der Waals surface area (Å²) in [6.45, 7) is 0.119. The SMILES string of the molecule is O=C1C(=Cc2cccc(N([O-])O)c2)Oc2cc(OCc3ccc(F)cc3Cl)ccc21. The van der Waals surface area contributed by atoms with E-state index in [0.29, 0.717) is 28.2 Å². The highest BCUT2D eigenvalue weighted by molar-refractivity contribution is 6.31. The van der Waals surface area contributed by atoms with Crippen LogP contribution in [0.2, 0.25) is 5.02 Å². The molecule has 1 aliphatic heterocycles. The number of carbonyl (C=O) groups is 1. The maximum absolute atomic E-state index is 13.1. The number of nitrogens with zero attached hydrogens (tertiary/aromatic N) is 1. The van der Waals surface area contributed by atoms with Gasteiger partial charge in [0.2, 0.25) is 5.78 Å². The summed E-state index contributed by atoms with van der Waals surface area (Å²) in [6, 6.07) is 14.9. The second-order valence-electron chi connectivity index (χ2n) is 6.49. The number of anilines is 1. The number of ether oxygens (including phenoxy) is 2. The number of rotatable bonds is 5. The predicted molar refractivity (Wildman–Crippen MR) is 109 cm³/mol. The first kappa shape index (κ1) is 19.9. The first-order chi connectivity index (χ1) is 14.4. The Labute approximate surface area is 175 Å². The van der Waals surface area contributed by atoms with Gasteiger partial charge in [-0.2, -0.15) is 0 Å². The number of allylic oxidation sites excluding steroid dienone is 1. The molecule has 30 heavy (non-hydrogen) atoms. The standard InChI is InChI=1S/C22H14ClFNO5/c23-19-10-15(24)5-4-14(19)12-29-17-6-7-18-20(11-17)30-21(22(18)26)9-13-2-1-3-16(8-13)25(27)28/h1-11,27H,12H2/q-1. The normalized spacial score (nSPS) is 13.9. The van der Waals surface area contributed by atoms with Crippen LogP contribution in [0.5, 0.6) is 11.5 Å². The lowest BCUT2D eigenvalue weighted by atomic mass is 10.1. The number of halogens is 2. The Balaban J connectivity index is 1.51. The van der Waals surface area contributed by atoms with E-state index < -0.39 is 5.82 Å². The molecule has 0 amide bonds. The minimum atomic E-state index is -0.431. The van der Waals surface area contributed by atoms with Crippen LogP contribution in [0.1, 0.15) is 21.5 Å². The van der Waals surface area contributed by atoms with Gasteiger partial charge in [0.25, 0.3) is 0 Å². The highest BCUT2D eigenvalue weighted by atomic mass is 35.5. The van der Waals surface area contributed by atoms with Crippen molar-refractivity contribution in [3.05, 3.63) is 99.2 Å². The van der Waals surface area contributed by atoms with Gasteiger partial charge in [-0.1, -0.05) is 29.8 Å². The second-order valence-corrected chi connectivity index (χ2v) is 6.90. The topological polar surface area (TPSA) is 82.1 Å². The minimum Gasteiger partial charge on any atom is -0.733 e. The largest absolute Gasteiger partial charge is 0.733 e. The molecule has 4 rings (SSSR count). The molecule has 8 heteroatoms. The molecular formula is C22H14ClFNO5-. The van der Waals surface area contributed by atoms with E-state index in [0.717, 1.165) is 0 Å². The monoisotopic (exact) mass is 426 g/mol. The number of Topliss-reactive ketones (excluding diaryl/α,β-unsaturated/α-hetero) is 1. The molecule has 0 aromatic heterocycles. The molecule has 1 N–H and O–H groups in total. The van der Waals surface area contributed by atoms with Gasteiger partial charge in [-0.3, -0.25) is 10.0 Å². The third-order valence-corrected chi connectivity index (χ3v) is 4.79. The summed E-state index contributed by atoms with van der Waals surface area (Å²) in [5, 5.41) is 20.0. The summed E-state index contributed by atoms with van der Waals surface area (Å²) in [5.41, 5.74) is 1.54. The fourth-order valence-corrected chi connectivity index (χ4v) is 3.16. The molecule has 0 bridgehead atoms. The van der Waals surface area contributed by atoms with Gasteiger partial charge in [0.15, 0.2) is 5.76 Å². The van der Waals surface area contributed by atoms with E-state index in [1.165, 1.54) is 36.4 Å². The number of fused-ring (bicyclic) bond motifs is 1. The van der Waals surface area contributed by atoms with Crippen LogP contribution < -0.4 is 14.7 Å². The summed E-state index contributed by atoms with van der Waals surface area (Å²) in [5.74, 6) is 0.118. The van der Waals surface area contributed by atoms with E-state index in [9.17, 15) is 14.4 Å². The molecule has 0 spiro atoms. The summed E-state index contributed by atoms with van der Waals surface area (Å²) in [4.78, 5) is 12.6. The third kappa shape index (κ3) is 4.13. The highest BCUT2D eigenvalue weighted by Gasteiger charge is 2.27. The molecule has 3 aromatic carbocycles. The number of ketones is 1. The maximum atomic E-state index is 13.1. The molecule has 0 saturated heterocycles. The van der Waals surface area contributed by atoms with Crippen LogP contribution in [0.15, 0.2) is 66.4 Å². The summed E-state index contributed by atoms with van der Waals surface area (Å²) < 4.78 is 24.5. The van der Waals surface area contributed by atoms with Crippen molar-refractivity contribution in [3.63, 3.8) is 0 Å². The molecule has 0 fully saturated rings. The van der Waals surface area contributed by atoms with Gasteiger partial charge in [-0.05, 0) is 48.0 Å². The minimum absolute atomic E-state index is 0.0300. The summed E-state index contributed by atoms with van der Waals surface area (Å²) in [6.07, 6.45) is 1.48. The lowest BCUT2D eigenvalue weighted by Gasteiger charge is -2.21. The van der Waals surface area contributed by atoms with Crippen molar-refractivity contribution >= 4 is 29.1 Å². The quantitative estimate of drug-likeness (QED) is 0.436. The Morgan fingerprint density at radius 2 is 2.00 bits per heavy atom. The first-order valence-electron chi connectivity index (χ1n) is 8.82. The van der Waals surface area contributed by atoms with Gasteiger partial charge in [0.05, 0.1) is 16.3 Å². The molecule has 1 aliphatic rings. The molecule has 3 aromatic rings. The Bertz CT molecular complexity index is 1160. The molecule has 152 valence electrons. The van der Waals surface area contributed by atoms with E-state index in [1.54, 1.807) is 30.3 Å². The fraction of sp³-hybridized carbons (Fsp3) is 0.0455. The molecule has 0 atom stereocenters. The van der Waals surface area contributed by atoms with Gasteiger partial charge in [-0.25, -0.2) is 4.39 Å². The lowest BCUT2D eigenvalue weighted by molar-refractivity contribution is 0.101. The zero-order chi connectivity index (χ0) is 21.3. The van der Waals surface area contributed by atoms with Crippen molar-refractivity contribution in [2.45, 2.75) is 6.61 Å². The molecule has 0 radical (unpaired) electrons. The lowest BCUT2D eigenvalue weighted by Crippen LogP contribution is -2.06. The Hall–Kier alpha value is -3.39. The molecule has 0 unspecified atom stereocenters. The molecular weight excluding hydrogens is 413 g/mol. The number of carbonyl (C=O) groups excluding carboxylic acids is 1. The predicted octanol–water partition coefficient (Wildman–Crippen LogP) is 5.37. The van der Waals surface area contributed by atoms with Gasteiger partial charge in [0.1, 0.15) is 23.9 Å². The van der Waals surface area contributed by atoms with E-state index in [-0.39, 0.29) is 34.1 Å². The Morgan fingerprint density at radius 1 is 1.17 bits per heavy atom. The van der Waals surface area contributed by atoms with Crippen molar-refractivity contribution in [2.75, 3.05) is 5.23 Å². The summed E-state index contributed by atoms with van der Waals surface area (Å²) in [7, 11) is 0. The van der Waals surface area contributed by atoms with Crippen molar-refractivity contribution in [1.82, 2.24) is 0 Å². The molecule has 1 heterocycles. The highest BCUT2D eigenvalue weighted by Crippen LogP contribution is 2.35.